The normalized spacial score (nSPS) is 14.1. The number of hydrogen-bond acceptors (Lipinski definition) is 10. The maximum Gasteiger partial charge on any atom is 0.276 e. The molecule has 5 amide bonds. The number of aromatic nitrogens is 4. The van der Waals surface area contributed by atoms with E-state index in [0.29, 0.717) is 103 Å². The lowest BCUT2D eigenvalue weighted by molar-refractivity contribution is 0.0961. The number of nitrogens with one attached hydrogen (secondary N) is 4. The summed E-state index contributed by atoms with van der Waals surface area (Å²) in [4.78, 5) is 85.6. The Labute approximate surface area is 488 Å². The number of aryl methyl sites for hydroxylation is 2. The molecule has 5 aromatic carbocycles. The van der Waals surface area contributed by atoms with Gasteiger partial charge in [-0.3, -0.25) is 29.1 Å². The third-order valence-corrected chi connectivity index (χ3v) is 18.4. The fourth-order valence-corrected chi connectivity index (χ4v) is 13.9. The lowest BCUT2D eigenvalue weighted by atomic mass is 9.95. The Hall–Kier alpha value is -9.78. The van der Waals surface area contributed by atoms with Crippen molar-refractivity contribution < 1.29 is 32.8 Å². The minimum atomic E-state index is -0.684. The molecular weight excluding hydrogens is 1100 g/mol. The minimum Gasteiger partial charge on any atom is -0.348 e. The van der Waals surface area contributed by atoms with Crippen molar-refractivity contribution in [3.8, 4) is 54.5 Å². The lowest BCUT2D eigenvalue weighted by Crippen LogP contribution is -2.33. The van der Waals surface area contributed by atoms with Gasteiger partial charge in [0.25, 0.3) is 29.5 Å². The number of nitrogens with zero attached hydrogens (tertiary/aromatic N) is 5. The highest BCUT2D eigenvalue weighted by Gasteiger charge is 2.33. The molecule has 0 unspecified atom stereocenters. The molecule has 4 N–H and O–H groups in total. The van der Waals surface area contributed by atoms with Crippen molar-refractivity contribution in [3.63, 3.8) is 0 Å². The van der Waals surface area contributed by atoms with Gasteiger partial charge in [-0.2, -0.15) is 5.10 Å². The molecule has 1 fully saturated rings. The molecule has 8 heterocycles. The molecule has 414 valence electrons. The van der Waals surface area contributed by atoms with Crippen LogP contribution in [0.2, 0.25) is 0 Å². The van der Waals surface area contributed by atoms with E-state index in [9.17, 15) is 28.4 Å². The Morgan fingerprint density at radius 2 is 1.20 bits per heavy atom. The van der Waals surface area contributed by atoms with E-state index >= 15 is 4.39 Å². The molecule has 0 bridgehead atoms. The van der Waals surface area contributed by atoms with Crippen molar-refractivity contribution >= 4 is 75.0 Å². The van der Waals surface area contributed by atoms with Gasteiger partial charge in [0.2, 0.25) is 0 Å². The number of H-pyrrole nitrogens is 1. The zero-order valence-electron chi connectivity index (χ0n) is 45.2. The summed E-state index contributed by atoms with van der Waals surface area (Å²) in [5.74, 6) is -2.56. The van der Waals surface area contributed by atoms with Gasteiger partial charge in [0, 0.05) is 74.9 Å². The van der Waals surface area contributed by atoms with E-state index in [1.807, 2.05) is 79.0 Å². The van der Waals surface area contributed by atoms with E-state index in [2.05, 4.69) is 26.1 Å². The smallest absolute Gasteiger partial charge is 0.276 e. The fraction of sp³-hybridized carbons (Fsp3) is 0.152. The van der Waals surface area contributed by atoms with Gasteiger partial charge in [-0.25, -0.2) is 18.7 Å². The van der Waals surface area contributed by atoms with Gasteiger partial charge in [-0.05, 0) is 152 Å². The fourth-order valence-electron chi connectivity index (χ4n) is 11.6. The van der Waals surface area contributed by atoms with Crippen LogP contribution in [0.4, 0.5) is 31.5 Å². The Morgan fingerprint density at radius 3 is 1.85 bits per heavy atom. The van der Waals surface area contributed by atoms with E-state index in [1.165, 1.54) is 34.8 Å². The summed E-state index contributed by atoms with van der Waals surface area (Å²) in [6, 6.07) is 40.6. The number of hydrogen-bond donors (Lipinski definition) is 4. The molecule has 1 aliphatic carbocycles. The van der Waals surface area contributed by atoms with Crippen LogP contribution in [-0.4, -0.2) is 62.8 Å². The number of carbonyl (C=O) groups is 5. The van der Waals surface area contributed by atoms with Crippen LogP contribution in [0, 0.1) is 25.5 Å². The number of benzene rings is 5. The number of pyridine rings is 2. The van der Waals surface area contributed by atoms with Crippen LogP contribution < -0.4 is 25.8 Å². The standard InChI is InChI=1S/C66H49F2N9O5S2/c1-34-9-7-12-47(67)56(34)73-63(79)54-30-39-24-26-77(53-16-6-4-11-45(53)61(39)83-54)66(82)51-22-21-42(58(72-51)37-19-20-43-41(28-37)32-69-62(43)78)40-27-35(2)57(48(68)29-40)74-64(80)55-31-38-23-25-76(52-15-5-3-10-44(52)60(38)84-55)65(81)50-14-8-13-49(71-50)46-33-70-75-59(46)36-17-18-36/h3-16,19-22,27-31,33,36H,17-18,23-26,32H2,1-2H3,(H,69,78)(H,70,75)(H,73,79)(H,74,80). The van der Waals surface area contributed by atoms with Crippen molar-refractivity contribution in [2.75, 3.05) is 33.5 Å². The molecule has 14 nitrogen and oxygen atoms in total. The first-order valence-corrected chi connectivity index (χ1v) is 29.2. The molecule has 0 radical (unpaired) electrons. The van der Waals surface area contributed by atoms with Crippen LogP contribution in [0.1, 0.15) is 103 Å². The average Bonchev–Trinajstić information content (AvgIpc) is 3.86. The van der Waals surface area contributed by atoms with Crippen molar-refractivity contribution in [3.05, 3.63) is 218 Å². The van der Waals surface area contributed by atoms with Crippen molar-refractivity contribution in [2.24, 2.45) is 0 Å². The summed E-state index contributed by atoms with van der Waals surface area (Å²) >= 11 is 2.56. The van der Waals surface area contributed by atoms with Gasteiger partial charge < -0.3 is 25.8 Å². The topological polar surface area (TPSA) is 182 Å². The number of para-hydroxylation sites is 3. The Bertz CT molecular complexity index is 4400. The first-order chi connectivity index (χ1) is 40.8. The monoisotopic (exact) mass is 1150 g/mol. The molecule has 84 heavy (non-hydrogen) atoms. The maximum atomic E-state index is 16.8. The molecular formula is C66H49F2N9O5S2. The van der Waals surface area contributed by atoms with Crippen LogP contribution in [0.5, 0.6) is 0 Å². The molecule has 0 spiro atoms. The van der Waals surface area contributed by atoms with Gasteiger partial charge in [-0.1, -0.05) is 60.7 Å². The second kappa shape index (κ2) is 20.9. The molecule has 14 rings (SSSR count). The van der Waals surface area contributed by atoms with Crippen LogP contribution in [-0.2, 0) is 19.4 Å². The average molecular weight is 1150 g/mol. The van der Waals surface area contributed by atoms with Gasteiger partial charge >= 0.3 is 0 Å². The SMILES string of the molecule is Cc1cc(-c2ccc(C(=O)N3CCc4cc(C(=O)Nc5c(C)cccc5F)sc4-c4ccccc43)nc2-c2ccc3c(c2)CNC3=O)cc(F)c1NC(=O)c1cc2c(s1)-c1ccccc1N(C(=O)c1cccc(-c3c[nH]nc3C3CC3)n1)CC2. The molecule has 5 aromatic heterocycles. The summed E-state index contributed by atoms with van der Waals surface area (Å²) < 4.78 is 31.6. The zero-order valence-corrected chi connectivity index (χ0v) is 46.9. The number of anilines is 4. The second-order valence-corrected chi connectivity index (χ2v) is 23.5. The highest BCUT2D eigenvalue weighted by molar-refractivity contribution is 7.18. The molecule has 10 aromatic rings. The summed E-state index contributed by atoms with van der Waals surface area (Å²) in [5, 5.41) is 15.9. The van der Waals surface area contributed by atoms with E-state index in [4.69, 9.17) is 9.97 Å². The lowest BCUT2D eigenvalue weighted by Gasteiger charge is -2.23. The van der Waals surface area contributed by atoms with E-state index in [-0.39, 0.29) is 41.3 Å². The number of amides is 5. The van der Waals surface area contributed by atoms with E-state index in [0.717, 1.165) is 61.7 Å². The molecule has 0 atom stereocenters. The highest BCUT2D eigenvalue weighted by Crippen LogP contribution is 2.46. The zero-order chi connectivity index (χ0) is 57.5. The summed E-state index contributed by atoms with van der Waals surface area (Å²) in [5.41, 5.74) is 12.0. The Balaban J connectivity index is 0.738. The number of halogens is 2. The predicted octanol–water partition coefficient (Wildman–Crippen LogP) is 13.6. The number of fused-ring (bicyclic) bond motifs is 7. The number of carbonyl (C=O) groups excluding carboxylic acids is 5. The highest BCUT2D eigenvalue weighted by atomic mass is 32.1. The first kappa shape index (κ1) is 52.3. The van der Waals surface area contributed by atoms with Gasteiger partial charge in [0.15, 0.2) is 0 Å². The molecule has 3 aliphatic heterocycles. The maximum absolute atomic E-state index is 16.8. The first-order valence-electron chi connectivity index (χ1n) is 27.5. The largest absolute Gasteiger partial charge is 0.348 e. The van der Waals surface area contributed by atoms with Gasteiger partial charge in [0.05, 0.1) is 49.6 Å². The molecule has 18 heteroatoms. The quantitative estimate of drug-likeness (QED) is 0.104. The number of thiophene rings is 2. The molecule has 4 aliphatic rings. The summed E-state index contributed by atoms with van der Waals surface area (Å²) in [6.45, 7) is 4.33. The van der Waals surface area contributed by atoms with Crippen molar-refractivity contribution in [1.29, 1.82) is 0 Å². The van der Waals surface area contributed by atoms with Crippen LogP contribution >= 0.6 is 22.7 Å². The van der Waals surface area contributed by atoms with E-state index in [1.54, 1.807) is 78.2 Å². The van der Waals surface area contributed by atoms with Crippen LogP contribution in [0.15, 0.2) is 146 Å². The summed E-state index contributed by atoms with van der Waals surface area (Å²) in [6.07, 6.45) is 4.85. The number of rotatable bonds is 10. The van der Waals surface area contributed by atoms with Gasteiger partial charge in [-0.15, -0.1) is 22.7 Å². The molecule has 0 saturated heterocycles. The van der Waals surface area contributed by atoms with Crippen molar-refractivity contribution in [2.45, 2.75) is 52.0 Å². The van der Waals surface area contributed by atoms with Crippen LogP contribution in [0.25, 0.3) is 54.5 Å². The second-order valence-electron chi connectivity index (χ2n) is 21.4. The minimum absolute atomic E-state index is 0.00336. The van der Waals surface area contributed by atoms with Crippen molar-refractivity contribution in [1.82, 2.24) is 25.5 Å². The third-order valence-electron chi connectivity index (χ3n) is 16.0. The van der Waals surface area contributed by atoms with Gasteiger partial charge in [0.1, 0.15) is 23.0 Å². The molecule has 1 saturated carbocycles. The Morgan fingerprint density at radius 1 is 0.583 bits per heavy atom. The van der Waals surface area contributed by atoms with Crippen LogP contribution in [0.3, 0.4) is 0 Å². The van der Waals surface area contributed by atoms with E-state index < -0.39 is 23.4 Å². The summed E-state index contributed by atoms with van der Waals surface area (Å²) in [7, 11) is 0. The Kier molecular flexibility index (Phi) is 13.0. The predicted molar refractivity (Wildman–Crippen MR) is 322 cm³/mol. The number of aromatic amines is 1. The third kappa shape index (κ3) is 9.32.